The van der Waals surface area contributed by atoms with Crippen LogP contribution in [-0.2, 0) is 0 Å². The number of aryl methyl sites for hydroxylation is 1. The fourth-order valence-corrected chi connectivity index (χ4v) is 1.13. The molecule has 1 rings (SSSR count). The molecule has 0 amide bonds. The zero-order chi connectivity index (χ0) is 9.68. The standard InChI is InChI=1S/C11H13NO/c1-3-4-5-11(13)10-8-12-7-6-9(10)2/h6-8,11,13H,5H2,1-2H3. The van der Waals surface area contributed by atoms with E-state index in [1.807, 2.05) is 13.0 Å². The third kappa shape index (κ3) is 2.57. The number of nitrogens with zero attached hydrogens (tertiary/aromatic N) is 1. The average molecular weight is 175 g/mol. The Kier molecular flexibility index (Phi) is 3.48. The maximum Gasteiger partial charge on any atom is 0.0916 e. The number of pyridine rings is 1. The molecule has 0 aromatic carbocycles. The molecule has 2 nitrogen and oxygen atoms in total. The molecule has 0 aliphatic heterocycles. The monoisotopic (exact) mass is 175 g/mol. The lowest BCUT2D eigenvalue weighted by molar-refractivity contribution is 0.183. The minimum Gasteiger partial charge on any atom is -0.387 e. The number of hydrogen-bond donors (Lipinski definition) is 1. The highest BCUT2D eigenvalue weighted by atomic mass is 16.3. The molecule has 1 atom stereocenters. The van der Waals surface area contributed by atoms with Crippen molar-refractivity contribution in [3.8, 4) is 11.8 Å². The molecular formula is C11H13NO. The first-order valence-electron chi connectivity index (χ1n) is 4.24. The minimum atomic E-state index is -0.513. The van der Waals surface area contributed by atoms with Crippen molar-refractivity contribution in [3.63, 3.8) is 0 Å². The summed E-state index contributed by atoms with van der Waals surface area (Å²) in [7, 11) is 0. The zero-order valence-corrected chi connectivity index (χ0v) is 7.91. The summed E-state index contributed by atoms with van der Waals surface area (Å²) >= 11 is 0. The van der Waals surface area contributed by atoms with E-state index in [1.54, 1.807) is 19.3 Å². The average Bonchev–Trinajstić information content (AvgIpc) is 2.15. The topological polar surface area (TPSA) is 33.1 Å². The largest absolute Gasteiger partial charge is 0.387 e. The zero-order valence-electron chi connectivity index (χ0n) is 7.91. The number of rotatable bonds is 2. The summed E-state index contributed by atoms with van der Waals surface area (Å²) in [5.41, 5.74) is 1.92. The number of aromatic nitrogens is 1. The molecule has 0 spiro atoms. The SMILES string of the molecule is CC#CCC(O)c1cnccc1C. The lowest BCUT2D eigenvalue weighted by Crippen LogP contribution is -1.99. The number of aliphatic hydroxyl groups excluding tert-OH is 1. The van der Waals surface area contributed by atoms with Gasteiger partial charge in [0.15, 0.2) is 0 Å². The van der Waals surface area contributed by atoms with Crippen LogP contribution in [0.15, 0.2) is 18.5 Å². The Bertz CT molecular complexity index is 335. The fourth-order valence-electron chi connectivity index (χ4n) is 1.13. The van der Waals surface area contributed by atoms with Crippen LogP contribution in [0.3, 0.4) is 0 Å². The van der Waals surface area contributed by atoms with E-state index in [9.17, 15) is 5.11 Å². The first kappa shape index (κ1) is 9.76. The van der Waals surface area contributed by atoms with Crippen molar-refractivity contribution in [3.05, 3.63) is 29.6 Å². The Labute approximate surface area is 78.6 Å². The van der Waals surface area contributed by atoms with Crippen molar-refractivity contribution in [1.29, 1.82) is 0 Å². The van der Waals surface area contributed by atoms with Gasteiger partial charge in [0.2, 0.25) is 0 Å². The number of hydrogen-bond acceptors (Lipinski definition) is 2. The molecule has 13 heavy (non-hydrogen) atoms. The molecule has 0 saturated carbocycles. The van der Waals surface area contributed by atoms with Gasteiger partial charge in [-0.2, -0.15) is 0 Å². The van der Waals surface area contributed by atoms with Gasteiger partial charge in [0, 0.05) is 24.4 Å². The van der Waals surface area contributed by atoms with Crippen LogP contribution in [0.1, 0.15) is 30.6 Å². The van der Waals surface area contributed by atoms with Crippen molar-refractivity contribution in [2.75, 3.05) is 0 Å². The van der Waals surface area contributed by atoms with Crippen molar-refractivity contribution in [2.24, 2.45) is 0 Å². The van der Waals surface area contributed by atoms with E-state index in [4.69, 9.17) is 0 Å². The van der Waals surface area contributed by atoms with Crippen LogP contribution < -0.4 is 0 Å². The fraction of sp³-hybridized carbons (Fsp3) is 0.364. The van der Waals surface area contributed by atoms with Crippen LogP contribution in [0.25, 0.3) is 0 Å². The van der Waals surface area contributed by atoms with E-state index in [0.717, 1.165) is 11.1 Å². The van der Waals surface area contributed by atoms with E-state index in [2.05, 4.69) is 16.8 Å². The van der Waals surface area contributed by atoms with Gasteiger partial charge in [0.1, 0.15) is 0 Å². The predicted octanol–water partition coefficient (Wildman–Crippen LogP) is 1.84. The third-order valence-corrected chi connectivity index (χ3v) is 1.91. The van der Waals surface area contributed by atoms with Gasteiger partial charge in [-0.3, -0.25) is 4.98 Å². The Morgan fingerprint density at radius 1 is 1.62 bits per heavy atom. The molecule has 2 heteroatoms. The van der Waals surface area contributed by atoms with E-state index in [0.29, 0.717) is 6.42 Å². The Morgan fingerprint density at radius 3 is 3.00 bits per heavy atom. The molecule has 0 radical (unpaired) electrons. The van der Waals surface area contributed by atoms with Gasteiger partial charge < -0.3 is 5.11 Å². The molecule has 1 aromatic rings. The first-order valence-corrected chi connectivity index (χ1v) is 4.24. The van der Waals surface area contributed by atoms with Crippen molar-refractivity contribution < 1.29 is 5.11 Å². The van der Waals surface area contributed by atoms with E-state index >= 15 is 0 Å². The highest BCUT2D eigenvalue weighted by Gasteiger charge is 2.07. The smallest absolute Gasteiger partial charge is 0.0916 e. The van der Waals surface area contributed by atoms with Crippen LogP contribution in [0.5, 0.6) is 0 Å². The maximum atomic E-state index is 9.69. The molecule has 0 saturated heterocycles. The summed E-state index contributed by atoms with van der Waals surface area (Å²) < 4.78 is 0. The van der Waals surface area contributed by atoms with Crippen LogP contribution in [0.2, 0.25) is 0 Å². The highest BCUT2D eigenvalue weighted by molar-refractivity contribution is 5.24. The van der Waals surface area contributed by atoms with Crippen molar-refractivity contribution in [1.82, 2.24) is 4.98 Å². The van der Waals surface area contributed by atoms with Gasteiger partial charge in [-0.05, 0) is 25.5 Å². The van der Waals surface area contributed by atoms with Gasteiger partial charge in [-0.15, -0.1) is 11.8 Å². The Hall–Kier alpha value is -1.33. The normalized spacial score (nSPS) is 11.6. The van der Waals surface area contributed by atoms with Crippen molar-refractivity contribution >= 4 is 0 Å². The molecule has 0 fully saturated rings. The van der Waals surface area contributed by atoms with Gasteiger partial charge in [-0.25, -0.2) is 0 Å². The predicted molar refractivity (Wildman–Crippen MR) is 52.0 cm³/mol. The molecule has 0 bridgehead atoms. The molecule has 1 N–H and O–H groups in total. The van der Waals surface area contributed by atoms with Crippen molar-refractivity contribution in [2.45, 2.75) is 26.4 Å². The molecule has 1 unspecified atom stereocenters. The second kappa shape index (κ2) is 4.64. The van der Waals surface area contributed by atoms with Crippen LogP contribution in [-0.4, -0.2) is 10.1 Å². The summed E-state index contributed by atoms with van der Waals surface area (Å²) in [6, 6.07) is 1.89. The van der Waals surface area contributed by atoms with E-state index < -0.39 is 6.10 Å². The summed E-state index contributed by atoms with van der Waals surface area (Å²) in [5, 5.41) is 9.69. The second-order valence-corrected chi connectivity index (χ2v) is 2.88. The molecular weight excluding hydrogens is 162 g/mol. The van der Waals surface area contributed by atoms with Crippen LogP contribution in [0, 0.1) is 18.8 Å². The summed E-state index contributed by atoms with van der Waals surface area (Å²) in [5.74, 6) is 5.60. The lowest BCUT2D eigenvalue weighted by Gasteiger charge is -2.09. The van der Waals surface area contributed by atoms with E-state index in [1.165, 1.54) is 0 Å². The van der Waals surface area contributed by atoms with Gasteiger partial charge in [-0.1, -0.05) is 0 Å². The Balaban J connectivity index is 2.80. The van der Waals surface area contributed by atoms with Gasteiger partial charge >= 0.3 is 0 Å². The molecule has 0 aliphatic rings. The maximum absolute atomic E-state index is 9.69. The van der Waals surface area contributed by atoms with E-state index in [-0.39, 0.29) is 0 Å². The number of aliphatic hydroxyl groups is 1. The van der Waals surface area contributed by atoms with Gasteiger partial charge in [0.05, 0.1) is 6.10 Å². The summed E-state index contributed by atoms with van der Waals surface area (Å²) in [6.45, 7) is 3.72. The Morgan fingerprint density at radius 2 is 2.38 bits per heavy atom. The molecule has 1 heterocycles. The summed E-state index contributed by atoms with van der Waals surface area (Å²) in [6.07, 6.45) is 3.37. The van der Waals surface area contributed by atoms with Crippen LogP contribution in [0.4, 0.5) is 0 Å². The highest BCUT2D eigenvalue weighted by Crippen LogP contribution is 2.18. The van der Waals surface area contributed by atoms with Crippen LogP contribution >= 0.6 is 0 Å². The minimum absolute atomic E-state index is 0.475. The van der Waals surface area contributed by atoms with Gasteiger partial charge in [0.25, 0.3) is 0 Å². The third-order valence-electron chi connectivity index (χ3n) is 1.91. The molecule has 68 valence electrons. The molecule has 1 aromatic heterocycles. The first-order chi connectivity index (χ1) is 6.25. The second-order valence-electron chi connectivity index (χ2n) is 2.88. The lowest BCUT2D eigenvalue weighted by atomic mass is 10.0. The summed E-state index contributed by atoms with van der Waals surface area (Å²) in [4.78, 5) is 3.97. The molecule has 0 aliphatic carbocycles. The quantitative estimate of drug-likeness (QED) is 0.696.